The van der Waals surface area contributed by atoms with Crippen LogP contribution in [-0.2, 0) is 11.2 Å². The average Bonchev–Trinajstić information content (AvgIpc) is 2.43. The van der Waals surface area contributed by atoms with Crippen LogP contribution in [0.25, 0.3) is 10.9 Å². The molecule has 2 rings (SSSR count). The van der Waals surface area contributed by atoms with Gasteiger partial charge in [-0.15, -0.1) is 0 Å². The Labute approximate surface area is 117 Å². The fourth-order valence-corrected chi connectivity index (χ4v) is 2.23. The zero-order valence-electron chi connectivity index (χ0n) is 10.9. The second-order valence-electron chi connectivity index (χ2n) is 4.32. The molecule has 2 aromatic rings. The van der Waals surface area contributed by atoms with Gasteiger partial charge in [-0.05, 0) is 24.6 Å². The highest BCUT2D eigenvalue weighted by atomic mass is 35.5. The highest BCUT2D eigenvalue weighted by molar-refractivity contribution is 6.35. The van der Waals surface area contributed by atoms with E-state index >= 15 is 0 Å². The Morgan fingerprint density at radius 3 is 3.05 bits per heavy atom. The number of fused-ring (bicyclic) bond motifs is 1. The van der Waals surface area contributed by atoms with Crippen molar-refractivity contribution in [1.29, 1.82) is 0 Å². The topological polar surface area (TPSA) is 39.2 Å². The van der Waals surface area contributed by atoms with Gasteiger partial charge in [-0.1, -0.05) is 24.9 Å². The van der Waals surface area contributed by atoms with Crippen LogP contribution >= 0.6 is 11.6 Å². The van der Waals surface area contributed by atoms with Crippen molar-refractivity contribution in [3.05, 3.63) is 35.0 Å². The van der Waals surface area contributed by atoms with Crippen LogP contribution in [0.1, 0.15) is 25.3 Å². The lowest BCUT2D eigenvalue weighted by Gasteiger charge is -2.13. The highest BCUT2D eigenvalue weighted by Gasteiger charge is 2.13. The number of unbranched alkanes of at least 4 members (excludes halogenated alkanes) is 1. The van der Waals surface area contributed by atoms with Crippen LogP contribution in [0.2, 0.25) is 5.02 Å². The summed E-state index contributed by atoms with van der Waals surface area (Å²) in [6.07, 6.45) is 4.87. The van der Waals surface area contributed by atoms with Crippen molar-refractivity contribution in [3.63, 3.8) is 0 Å². The van der Waals surface area contributed by atoms with Crippen molar-refractivity contribution >= 4 is 28.8 Å². The van der Waals surface area contributed by atoms with Crippen molar-refractivity contribution in [2.45, 2.75) is 26.2 Å². The van der Waals surface area contributed by atoms with Crippen LogP contribution in [0.4, 0.5) is 0 Å². The summed E-state index contributed by atoms with van der Waals surface area (Å²) in [7, 11) is 0. The van der Waals surface area contributed by atoms with Gasteiger partial charge in [0.05, 0.1) is 11.6 Å². The molecule has 3 nitrogen and oxygen atoms in total. The minimum atomic E-state index is 0.285. The summed E-state index contributed by atoms with van der Waals surface area (Å²) >= 11 is 6.22. The predicted molar refractivity (Wildman–Crippen MR) is 76.9 cm³/mol. The van der Waals surface area contributed by atoms with E-state index in [9.17, 15) is 4.79 Å². The third-order valence-corrected chi connectivity index (χ3v) is 3.23. The number of ether oxygens (including phenoxy) is 1. The third-order valence-electron chi connectivity index (χ3n) is 2.92. The van der Waals surface area contributed by atoms with Crippen LogP contribution in [0.5, 0.6) is 5.75 Å². The summed E-state index contributed by atoms with van der Waals surface area (Å²) in [5.41, 5.74) is 1.52. The summed E-state index contributed by atoms with van der Waals surface area (Å²) in [5, 5.41) is 1.45. The van der Waals surface area contributed by atoms with Crippen LogP contribution in [0.3, 0.4) is 0 Å². The summed E-state index contributed by atoms with van der Waals surface area (Å²) < 4.78 is 5.82. The number of hydrogen-bond acceptors (Lipinski definition) is 3. The number of halogens is 1. The molecular formula is C15H16ClNO2. The molecule has 0 spiro atoms. The van der Waals surface area contributed by atoms with Crippen LogP contribution in [0, 0.1) is 0 Å². The molecule has 1 aromatic heterocycles. The van der Waals surface area contributed by atoms with Crippen molar-refractivity contribution in [2.24, 2.45) is 0 Å². The maximum absolute atomic E-state index is 10.8. The Balaban J connectivity index is 2.51. The number of benzene rings is 1. The van der Waals surface area contributed by atoms with Gasteiger partial charge in [0.25, 0.3) is 0 Å². The first kappa shape index (κ1) is 13.8. The molecule has 0 radical (unpaired) electrons. The number of aldehydes is 1. The van der Waals surface area contributed by atoms with Gasteiger partial charge >= 0.3 is 0 Å². The molecule has 0 N–H and O–H groups in total. The molecule has 0 atom stereocenters. The molecule has 0 saturated carbocycles. The Kier molecular flexibility index (Phi) is 4.74. The first-order valence-electron chi connectivity index (χ1n) is 6.40. The van der Waals surface area contributed by atoms with E-state index in [2.05, 4.69) is 11.9 Å². The number of pyridine rings is 1. The fraction of sp³-hybridized carbons (Fsp3) is 0.333. The van der Waals surface area contributed by atoms with E-state index < -0.39 is 0 Å². The third kappa shape index (κ3) is 3.04. The van der Waals surface area contributed by atoms with E-state index in [0.717, 1.165) is 35.6 Å². The van der Waals surface area contributed by atoms with E-state index in [1.54, 1.807) is 12.3 Å². The number of aromatic nitrogens is 1. The summed E-state index contributed by atoms with van der Waals surface area (Å²) in [4.78, 5) is 15.1. The normalized spacial score (nSPS) is 10.6. The Morgan fingerprint density at radius 1 is 1.47 bits per heavy atom. The van der Waals surface area contributed by atoms with E-state index in [4.69, 9.17) is 16.3 Å². The molecule has 0 saturated heterocycles. The zero-order valence-corrected chi connectivity index (χ0v) is 11.6. The van der Waals surface area contributed by atoms with E-state index in [1.165, 1.54) is 0 Å². The Morgan fingerprint density at radius 2 is 2.32 bits per heavy atom. The molecule has 1 heterocycles. The quantitative estimate of drug-likeness (QED) is 0.595. The number of carbonyl (C=O) groups excluding carboxylic acids is 1. The molecular weight excluding hydrogens is 262 g/mol. The van der Waals surface area contributed by atoms with Gasteiger partial charge in [-0.2, -0.15) is 0 Å². The molecule has 1 aromatic carbocycles. The molecule has 100 valence electrons. The van der Waals surface area contributed by atoms with Gasteiger partial charge in [0.2, 0.25) is 0 Å². The molecule has 4 heteroatoms. The van der Waals surface area contributed by atoms with Gasteiger partial charge in [0, 0.05) is 23.6 Å². The van der Waals surface area contributed by atoms with E-state index in [-0.39, 0.29) is 6.42 Å². The van der Waals surface area contributed by atoms with Crippen LogP contribution in [-0.4, -0.2) is 17.9 Å². The van der Waals surface area contributed by atoms with Crippen molar-refractivity contribution in [3.8, 4) is 5.75 Å². The minimum absolute atomic E-state index is 0.285. The standard InChI is InChI=1S/C15H16ClNO2/c1-2-3-9-19-15-11(6-8-18)10-13(16)12-5-4-7-17-14(12)15/h4-5,7-8,10H,2-3,6,9H2,1H3. The van der Waals surface area contributed by atoms with Gasteiger partial charge in [-0.25, -0.2) is 0 Å². The number of rotatable bonds is 6. The number of nitrogens with zero attached hydrogens (tertiary/aromatic N) is 1. The Bertz CT molecular complexity index is 584. The lowest BCUT2D eigenvalue weighted by atomic mass is 10.1. The lowest BCUT2D eigenvalue weighted by Crippen LogP contribution is -2.02. The van der Waals surface area contributed by atoms with Gasteiger partial charge in [-0.3, -0.25) is 4.98 Å². The fourth-order valence-electron chi connectivity index (χ4n) is 1.95. The maximum atomic E-state index is 10.8. The molecule has 0 aliphatic rings. The second kappa shape index (κ2) is 6.53. The van der Waals surface area contributed by atoms with Crippen LogP contribution in [0.15, 0.2) is 24.4 Å². The summed E-state index contributed by atoms with van der Waals surface area (Å²) in [6.45, 7) is 2.73. The highest BCUT2D eigenvalue weighted by Crippen LogP contribution is 2.34. The van der Waals surface area contributed by atoms with E-state index in [1.807, 2.05) is 12.1 Å². The molecule has 0 aliphatic heterocycles. The molecule has 0 aliphatic carbocycles. The first-order chi connectivity index (χ1) is 9.27. The number of carbonyl (C=O) groups is 1. The zero-order chi connectivity index (χ0) is 13.7. The van der Waals surface area contributed by atoms with Gasteiger partial charge in [0.15, 0.2) is 0 Å². The molecule has 0 fully saturated rings. The lowest BCUT2D eigenvalue weighted by molar-refractivity contribution is -0.107. The molecule has 0 amide bonds. The first-order valence-corrected chi connectivity index (χ1v) is 6.78. The number of hydrogen-bond donors (Lipinski definition) is 0. The van der Waals surface area contributed by atoms with Gasteiger partial charge in [0.1, 0.15) is 17.6 Å². The van der Waals surface area contributed by atoms with E-state index in [0.29, 0.717) is 17.4 Å². The summed E-state index contributed by atoms with van der Waals surface area (Å²) in [6, 6.07) is 5.53. The second-order valence-corrected chi connectivity index (χ2v) is 4.73. The van der Waals surface area contributed by atoms with Gasteiger partial charge < -0.3 is 9.53 Å². The van der Waals surface area contributed by atoms with Crippen molar-refractivity contribution in [1.82, 2.24) is 4.98 Å². The van der Waals surface area contributed by atoms with Crippen LogP contribution < -0.4 is 4.74 Å². The predicted octanol–water partition coefficient (Wildman–Crippen LogP) is 3.81. The minimum Gasteiger partial charge on any atom is -0.491 e. The molecule has 0 bridgehead atoms. The Hall–Kier alpha value is -1.61. The molecule has 0 unspecified atom stereocenters. The summed E-state index contributed by atoms with van der Waals surface area (Å²) in [5.74, 6) is 0.681. The monoisotopic (exact) mass is 277 g/mol. The van der Waals surface area contributed by atoms with Crippen molar-refractivity contribution in [2.75, 3.05) is 6.61 Å². The molecule has 19 heavy (non-hydrogen) atoms. The largest absolute Gasteiger partial charge is 0.491 e. The maximum Gasteiger partial charge on any atom is 0.149 e. The SMILES string of the molecule is CCCCOc1c(CC=O)cc(Cl)c2cccnc12. The smallest absolute Gasteiger partial charge is 0.149 e. The average molecular weight is 278 g/mol. The van der Waals surface area contributed by atoms with Crippen molar-refractivity contribution < 1.29 is 9.53 Å².